The van der Waals surface area contributed by atoms with E-state index in [1.165, 1.54) is 0 Å². The number of methoxy groups -OCH3 is 1. The molecule has 0 bridgehead atoms. The molecule has 0 unspecified atom stereocenters. The molecule has 2 rings (SSSR count). The molecule has 0 atom stereocenters. The normalized spacial score (nSPS) is 13.9. The monoisotopic (exact) mass is 177 g/mol. The predicted molar refractivity (Wildman–Crippen MR) is 50.8 cm³/mol. The van der Waals surface area contributed by atoms with Crippen LogP contribution >= 0.6 is 0 Å². The lowest BCUT2D eigenvalue weighted by Crippen LogP contribution is -2.03. The maximum Gasteiger partial charge on any atom is 0.161 e. The Labute approximate surface area is 76.7 Å². The van der Waals surface area contributed by atoms with Crippen LogP contribution in [-0.2, 0) is 6.42 Å². The first-order valence-electron chi connectivity index (χ1n) is 4.21. The van der Waals surface area contributed by atoms with Crippen molar-refractivity contribution in [3.63, 3.8) is 0 Å². The number of rotatable bonds is 1. The molecule has 1 heterocycles. The van der Waals surface area contributed by atoms with Gasteiger partial charge in [-0.1, -0.05) is 0 Å². The molecule has 1 aliphatic heterocycles. The van der Waals surface area contributed by atoms with E-state index in [1.807, 2.05) is 12.3 Å². The van der Waals surface area contributed by atoms with Gasteiger partial charge in [0, 0.05) is 12.8 Å². The van der Waals surface area contributed by atoms with Crippen molar-refractivity contribution in [1.29, 1.82) is 0 Å². The fourth-order valence-corrected chi connectivity index (χ4v) is 1.48. The number of hydrogen-bond acceptors (Lipinski definition) is 3. The van der Waals surface area contributed by atoms with Gasteiger partial charge in [0.25, 0.3) is 0 Å². The third kappa shape index (κ3) is 1.37. The van der Waals surface area contributed by atoms with Crippen LogP contribution in [0.3, 0.4) is 0 Å². The van der Waals surface area contributed by atoms with E-state index in [1.54, 1.807) is 13.2 Å². The Balaban J connectivity index is 2.52. The van der Waals surface area contributed by atoms with Gasteiger partial charge in [-0.3, -0.25) is 4.99 Å². The van der Waals surface area contributed by atoms with E-state index < -0.39 is 0 Å². The molecule has 13 heavy (non-hydrogen) atoms. The predicted octanol–water partition coefficient (Wildman–Crippen LogP) is 1.38. The molecule has 1 aromatic carbocycles. The summed E-state index contributed by atoms with van der Waals surface area (Å²) in [5.74, 6) is 0.712. The van der Waals surface area contributed by atoms with Crippen LogP contribution in [0.15, 0.2) is 17.1 Å². The molecule has 0 saturated carbocycles. The van der Waals surface area contributed by atoms with E-state index in [-0.39, 0.29) is 5.75 Å². The van der Waals surface area contributed by atoms with Gasteiger partial charge in [-0.25, -0.2) is 0 Å². The number of phenolic OH excluding ortho intramolecular Hbond substituents is 1. The molecule has 1 N–H and O–H groups in total. The molecule has 0 amide bonds. The van der Waals surface area contributed by atoms with Gasteiger partial charge in [0.05, 0.1) is 7.11 Å². The smallest absolute Gasteiger partial charge is 0.161 e. The Morgan fingerprint density at radius 2 is 2.31 bits per heavy atom. The summed E-state index contributed by atoms with van der Waals surface area (Å²) in [6.07, 6.45) is 2.71. The van der Waals surface area contributed by atoms with Gasteiger partial charge < -0.3 is 9.84 Å². The SMILES string of the molecule is COc1cc2c(cc1O)CCN=C2. The highest BCUT2D eigenvalue weighted by molar-refractivity contribution is 5.84. The summed E-state index contributed by atoms with van der Waals surface area (Å²) in [6.45, 7) is 0.804. The number of phenols is 1. The van der Waals surface area contributed by atoms with Gasteiger partial charge >= 0.3 is 0 Å². The Morgan fingerprint density at radius 1 is 1.46 bits per heavy atom. The van der Waals surface area contributed by atoms with Gasteiger partial charge in [-0.05, 0) is 29.7 Å². The van der Waals surface area contributed by atoms with Crippen molar-refractivity contribution in [1.82, 2.24) is 0 Å². The van der Waals surface area contributed by atoms with Crippen LogP contribution in [0, 0.1) is 0 Å². The highest BCUT2D eigenvalue weighted by Gasteiger charge is 2.10. The summed E-state index contributed by atoms with van der Waals surface area (Å²) >= 11 is 0. The number of nitrogens with zero attached hydrogens (tertiary/aromatic N) is 1. The maximum absolute atomic E-state index is 9.50. The first-order chi connectivity index (χ1) is 6.31. The maximum atomic E-state index is 9.50. The number of fused-ring (bicyclic) bond motifs is 1. The Morgan fingerprint density at radius 3 is 3.08 bits per heavy atom. The van der Waals surface area contributed by atoms with E-state index >= 15 is 0 Å². The second-order valence-electron chi connectivity index (χ2n) is 3.01. The van der Waals surface area contributed by atoms with Crippen LogP contribution in [0.4, 0.5) is 0 Å². The van der Waals surface area contributed by atoms with Gasteiger partial charge in [0.2, 0.25) is 0 Å². The minimum Gasteiger partial charge on any atom is -0.504 e. The fraction of sp³-hybridized carbons (Fsp3) is 0.300. The van der Waals surface area contributed by atoms with Crippen LogP contribution < -0.4 is 4.74 Å². The Kier molecular flexibility index (Phi) is 1.93. The van der Waals surface area contributed by atoms with Crippen LogP contribution in [0.1, 0.15) is 11.1 Å². The molecular weight excluding hydrogens is 166 g/mol. The quantitative estimate of drug-likeness (QED) is 0.704. The first kappa shape index (κ1) is 8.10. The average Bonchev–Trinajstić information content (AvgIpc) is 2.17. The fourth-order valence-electron chi connectivity index (χ4n) is 1.48. The zero-order valence-corrected chi connectivity index (χ0v) is 7.45. The van der Waals surface area contributed by atoms with Crippen molar-refractivity contribution in [3.05, 3.63) is 23.3 Å². The summed E-state index contributed by atoms with van der Waals surface area (Å²) in [7, 11) is 1.54. The molecule has 1 aromatic rings. The molecule has 3 nitrogen and oxygen atoms in total. The van der Waals surface area contributed by atoms with E-state index in [0.29, 0.717) is 5.75 Å². The van der Waals surface area contributed by atoms with Crippen molar-refractivity contribution >= 4 is 6.21 Å². The molecule has 1 aliphatic rings. The lowest BCUT2D eigenvalue weighted by Gasteiger charge is -2.12. The average molecular weight is 177 g/mol. The Bertz CT molecular complexity index is 358. The summed E-state index contributed by atoms with van der Waals surface area (Å²) in [6, 6.07) is 3.56. The summed E-state index contributed by atoms with van der Waals surface area (Å²) < 4.78 is 5.00. The molecular formula is C10H11NO2. The van der Waals surface area contributed by atoms with E-state index in [9.17, 15) is 5.11 Å². The second-order valence-corrected chi connectivity index (χ2v) is 3.01. The summed E-state index contributed by atoms with van der Waals surface area (Å²) in [4.78, 5) is 4.16. The Hall–Kier alpha value is -1.51. The topological polar surface area (TPSA) is 41.8 Å². The molecule has 68 valence electrons. The zero-order valence-electron chi connectivity index (χ0n) is 7.45. The van der Waals surface area contributed by atoms with Crippen LogP contribution in [0.5, 0.6) is 11.5 Å². The zero-order chi connectivity index (χ0) is 9.26. The summed E-state index contributed by atoms with van der Waals surface area (Å²) in [5.41, 5.74) is 2.18. The number of aromatic hydroxyl groups is 1. The number of hydrogen-bond donors (Lipinski definition) is 1. The van der Waals surface area contributed by atoms with Crippen molar-refractivity contribution in [3.8, 4) is 11.5 Å². The third-order valence-corrected chi connectivity index (χ3v) is 2.18. The number of aliphatic imine (C=N–C) groups is 1. The first-order valence-corrected chi connectivity index (χ1v) is 4.21. The number of ether oxygens (including phenoxy) is 1. The van der Waals surface area contributed by atoms with Gasteiger partial charge in [0.15, 0.2) is 11.5 Å². The minimum atomic E-state index is 0.205. The largest absolute Gasteiger partial charge is 0.504 e. The molecule has 0 spiro atoms. The molecule has 0 fully saturated rings. The van der Waals surface area contributed by atoms with E-state index in [4.69, 9.17) is 4.74 Å². The van der Waals surface area contributed by atoms with Crippen LogP contribution in [-0.4, -0.2) is 25.0 Å². The van der Waals surface area contributed by atoms with Gasteiger partial charge in [-0.2, -0.15) is 0 Å². The lowest BCUT2D eigenvalue weighted by atomic mass is 10.0. The minimum absolute atomic E-state index is 0.205. The number of benzene rings is 1. The van der Waals surface area contributed by atoms with Crippen molar-refractivity contribution in [2.75, 3.05) is 13.7 Å². The molecule has 3 heteroatoms. The highest BCUT2D eigenvalue weighted by atomic mass is 16.5. The molecule has 0 saturated heterocycles. The molecule has 0 radical (unpaired) electrons. The van der Waals surface area contributed by atoms with Gasteiger partial charge in [0.1, 0.15) is 0 Å². The molecule has 0 aliphatic carbocycles. The standard InChI is InChI=1S/C10H11NO2/c1-13-10-5-8-6-11-3-2-7(8)4-9(10)12/h4-6,12H,2-3H2,1H3. The lowest BCUT2D eigenvalue weighted by molar-refractivity contribution is 0.373. The summed E-state index contributed by atoms with van der Waals surface area (Å²) in [5, 5.41) is 9.50. The third-order valence-electron chi connectivity index (χ3n) is 2.18. The molecule has 0 aromatic heterocycles. The van der Waals surface area contributed by atoms with Crippen molar-refractivity contribution in [2.24, 2.45) is 4.99 Å². The van der Waals surface area contributed by atoms with Crippen LogP contribution in [0.2, 0.25) is 0 Å². The van der Waals surface area contributed by atoms with Crippen LogP contribution in [0.25, 0.3) is 0 Å². The second kappa shape index (κ2) is 3.09. The van der Waals surface area contributed by atoms with E-state index in [0.717, 1.165) is 24.1 Å². The van der Waals surface area contributed by atoms with Crippen molar-refractivity contribution < 1.29 is 9.84 Å². The van der Waals surface area contributed by atoms with Crippen molar-refractivity contribution in [2.45, 2.75) is 6.42 Å². The van der Waals surface area contributed by atoms with E-state index in [2.05, 4.69) is 4.99 Å². The highest BCUT2D eigenvalue weighted by Crippen LogP contribution is 2.29. The van der Waals surface area contributed by atoms with Gasteiger partial charge in [-0.15, -0.1) is 0 Å².